The standard InChI is InChI=1S/C20H18FN5S/c21-17-6-2-1-5-15(17)19-16-13-25(10-7-18(16)23-24-19)12-14-4-3-9-26(14)20-22-8-11-27-20/h1-6,8-9,11H,7,10,12-13H2,(H,23,24). The molecule has 1 aliphatic rings. The zero-order valence-electron chi connectivity index (χ0n) is 14.6. The lowest BCUT2D eigenvalue weighted by molar-refractivity contribution is 0.241. The van der Waals surface area contributed by atoms with Gasteiger partial charge in [0.25, 0.3) is 0 Å². The van der Waals surface area contributed by atoms with E-state index in [4.69, 9.17) is 0 Å². The number of benzene rings is 1. The number of halogens is 1. The average Bonchev–Trinajstić information content (AvgIpc) is 3.42. The lowest BCUT2D eigenvalue weighted by Crippen LogP contribution is -2.30. The predicted octanol–water partition coefficient (Wildman–Crippen LogP) is 4.02. The number of hydrogen-bond donors (Lipinski definition) is 1. The van der Waals surface area contributed by atoms with E-state index in [1.54, 1.807) is 23.5 Å². The highest BCUT2D eigenvalue weighted by Crippen LogP contribution is 2.30. The summed E-state index contributed by atoms with van der Waals surface area (Å²) in [6.45, 7) is 2.50. The topological polar surface area (TPSA) is 49.7 Å². The number of nitrogens with zero attached hydrogens (tertiary/aromatic N) is 4. The van der Waals surface area contributed by atoms with Gasteiger partial charge in [0, 0.05) is 66.3 Å². The minimum Gasteiger partial charge on any atom is -0.296 e. The Morgan fingerprint density at radius 1 is 1.19 bits per heavy atom. The molecule has 0 radical (unpaired) electrons. The first-order chi connectivity index (χ1) is 13.3. The highest BCUT2D eigenvalue weighted by atomic mass is 32.1. The van der Waals surface area contributed by atoms with E-state index >= 15 is 0 Å². The summed E-state index contributed by atoms with van der Waals surface area (Å²) < 4.78 is 16.4. The Balaban J connectivity index is 1.42. The van der Waals surface area contributed by atoms with Gasteiger partial charge in [-0.05, 0) is 24.3 Å². The molecule has 0 saturated carbocycles. The molecule has 1 aliphatic heterocycles. The number of aromatic nitrogens is 4. The molecule has 0 bridgehead atoms. The van der Waals surface area contributed by atoms with Gasteiger partial charge in [-0.3, -0.25) is 14.6 Å². The lowest BCUT2D eigenvalue weighted by atomic mass is 10.0. The quantitative estimate of drug-likeness (QED) is 0.583. The first-order valence-corrected chi connectivity index (χ1v) is 9.77. The van der Waals surface area contributed by atoms with Gasteiger partial charge >= 0.3 is 0 Å². The van der Waals surface area contributed by atoms with E-state index in [9.17, 15) is 4.39 Å². The highest BCUT2D eigenvalue weighted by molar-refractivity contribution is 7.12. The van der Waals surface area contributed by atoms with E-state index in [0.29, 0.717) is 5.56 Å². The summed E-state index contributed by atoms with van der Waals surface area (Å²) in [5.41, 5.74) is 4.69. The van der Waals surface area contributed by atoms with Crippen molar-refractivity contribution in [1.29, 1.82) is 0 Å². The van der Waals surface area contributed by atoms with Gasteiger partial charge in [0.05, 0.1) is 5.69 Å². The van der Waals surface area contributed by atoms with Gasteiger partial charge in [0.15, 0.2) is 5.13 Å². The van der Waals surface area contributed by atoms with Crippen LogP contribution in [0, 0.1) is 5.82 Å². The maximum atomic E-state index is 14.3. The normalized spacial score (nSPS) is 14.4. The monoisotopic (exact) mass is 379 g/mol. The Kier molecular flexibility index (Phi) is 4.10. The lowest BCUT2D eigenvalue weighted by Gasteiger charge is -2.27. The van der Waals surface area contributed by atoms with Crippen molar-refractivity contribution in [3.8, 4) is 16.4 Å². The van der Waals surface area contributed by atoms with E-state index in [1.807, 2.05) is 23.8 Å². The first-order valence-electron chi connectivity index (χ1n) is 8.89. The summed E-state index contributed by atoms with van der Waals surface area (Å²) >= 11 is 1.62. The Labute approximate surface area is 160 Å². The molecule has 0 atom stereocenters. The second-order valence-electron chi connectivity index (χ2n) is 6.65. The predicted molar refractivity (Wildman–Crippen MR) is 103 cm³/mol. The second-order valence-corrected chi connectivity index (χ2v) is 7.53. The van der Waals surface area contributed by atoms with Gasteiger partial charge in [-0.2, -0.15) is 5.10 Å². The average molecular weight is 379 g/mol. The molecule has 0 aliphatic carbocycles. The zero-order valence-corrected chi connectivity index (χ0v) is 15.4. The molecular formula is C20H18FN5S. The van der Waals surface area contributed by atoms with Crippen LogP contribution in [0.15, 0.2) is 54.2 Å². The van der Waals surface area contributed by atoms with Crippen LogP contribution in [-0.4, -0.2) is 31.2 Å². The van der Waals surface area contributed by atoms with Gasteiger partial charge in [-0.1, -0.05) is 12.1 Å². The van der Waals surface area contributed by atoms with Gasteiger partial charge in [0.2, 0.25) is 0 Å². The van der Waals surface area contributed by atoms with Crippen molar-refractivity contribution < 1.29 is 4.39 Å². The molecule has 0 amide bonds. The van der Waals surface area contributed by atoms with E-state index in [2.05, 4.69) is 36.8 Å². The summed E-state index contributed by atoms with van der Waals surface area (Å²) in [5, 5.41) is 10.5. The van der Waals surface area contributed by atoms with Crippen molar-refractivity contribution >= 4 is 11.3 Å². The van der Waals surface area contributed by atoms with Crippen molar-refractivity contribution in [3.63, 3.8) is 0 Å². The number of rotatable bonds is 4. The van der Waals surface area contributed by atoms with Crippen LogP contribution >= 0.6 is 11.3 Å². The number of hydrogen-bond acceptors (Lipinski definition) is 4. The Morgan fingerprint density at radius 2 is 2.11 bits per heavy atom. The molecule has 1 aromatic carbocycles. The maximum absolute atomic E-state index is 14.3. The van der Waals surface area contributed by atoms with Crippen LogP contribution in [0.25, 0.3) is 16.4 Å². The van der Waals surface area contributed by atoms with Gasteiger partial charge < -0.3 is 0 Å². The number of aromatic amines is 1. The minimum absolute atomic E-state index is 0.235. The molecule has 136 valence electrons. The van der Waals surface area contributed by atoms with Crippen LogP contribution in [-0.2, 0) is 19.5 Å². The van der Waals surface area contributed by atoms with Crippen molar-refractivity contribution in [3.05, 3.63) is 76.9 Å². The highest BCUT2D eigenvalue weighted by Gasteiger charge is 2.24. The number of thiazole rings is 1. The van der Waals surface area contributed by atoms with E-state index in [0.717, 1.165) is 48.1 Å². The summed E-state index contributed by atoms with van der Waals surface area (Å²) in [4.78, 5) is 6.79. The van der Waals surface area contributed by atoms with Crippen LogP contribution in [0.1, 0.15) is 17.0 Å². The second kappa shape index (κ2) is 6.75. The number of nitrogens with one attached hydrogen (secondary N) is 1. The zero-order chi connectivity index (χ0) is 18.2. The third-order valence-corrected chi connectivity index (χ3v) is 5.76. The summed E-state index contributed by atoms with van der Waals surface area (Å²) in [6, 6.07) is 11.0. The van der Waals surface area contributed by atoms with E-state index < -0.39 is 0 Å². The third kappa shape index (κ3) is 2.98. The summed E-state index contributed by atoms with van der Waals surface area (Å²) in [7, 11) is 0. The van der Waals surface area contributed by atoms with Crippen LogP contribution in [0.4, 0.5) is 4.39 Å². The molecule has 0 unspecified atom stereocenters. The molecule has 1 N–H and O–H groups in total. The molecule has 5 rings (SSSR count). The van der Waals surface area contributed by atoms with Crippen molar-refractivity contribution in [2.45, 2.75) is 19.5 Å². The fourth-order valence-electron chi connectivity index (χ4n) is 3.66. The molecule has 7 heteroatoms. The first kappa shape index (κ1) is 16.4. The summed E-state index contributed by atoms with van der Waals surface area (Å²) in [5.74, 6) is -0.235. The van der Waals surface area contributed by atoms with Crippen molar-refractivity contribution in [2.24, 2.45) is 0 Å². The van der Waals surface area contributed by atoms with E-state index in [1.165, 1.54) is 11.8 Å². The van der Waals surface area contributed by atoms with Crippen LogP contribution in [0.2, 0.25) is 0 Å². The SMILES string of the molecule is Fc1ccccc1-c1n[nH]c2c1CN(Cc1cccn1-c1nccs1)CC2. The fraction of sp³-hybridized carbons (Fsp3) is 0.200. The Bertz CT molecular complexity index is 1070. The van der Waals surface area contributed by atoms with Gasteiger partial charge in [-0.15, -0.1) is 11.3 Å². The molecule has 27 heavy (non-hydrogen) atoms. The number of H-pyrrole nitrogens is 1. The molecule has 0 spiro atoms. The van der Waals surface area contributed by atoms with Crippen molar-refractivity contribution in [2.75, 3.05) is 6.54 Å². The molecule has 4 heterocycles. The largest absolute Gasteiger partial charge is 0.296 e. The minimum atomic E-state index is -0.235. The molecular weight excluding hydrogens is 361 g/mol. The van der Waals surface area contributed by atoms with Crippen molar-refractivity contribution in [1.82, 2.24) is 24.6 Å². The smallest absolute Gasteiger partial charge is 0.193 e. The molecule has 0 saturated heterocycles. The van der Waals surface area contributed by atoms with Crippen LogP contribution in [0.5, 0.6) is 0 Å². The molecule has 5 nitrogen and oxygen atoms in total. The van der Waals surface area contributed by atoms with Gasteiger partial charge in [0.1, 0.15) is 5.82 Å². The van der Waals surface area contributed by atoms with E-state index in [-0.39, 0.29) is 5.82 Å². The summed E-state index contributed by atoms with van der Waals surface area (Å²) in [6.07, 6.45) is 4.75. The third-order valence-electron chi connectivity index (χ3n) is 4.99. The molecule has 4 aromatic rings. The van der Waals surface area contributed by atoms with Crippen LogP contribution in [0.3, 0.4) is 0 Å². The van der Waals surface area contributed by atoms with Gasteiger partial charge in [-0.25, -0.2) is 9.37 Å². The number of fused-ring (bicyclic) bond motifs is 1. The Morgan fingerprint density at radius 3 is 2.96 bits per heavy atom. The molecule has 0 fully saturated rings. The molecule has 3 aromatic heterocycles. The maximum Gasteiger partial charge on any atom is 0.193 e. The fourth-order valence-corrected chi connectivity index (χ4v) is 4.31. The Hall–Kier alpha value is -2.77. The van der Waals surface area contributed by atoms with Crippen LogP contribution < -0.4 is 0 Å².